The van der Waals surface area contributed by atoms with Gasteiger partial charge in [0.05, 0.1) is 18.8 Å². The molecule has 0 bridgehead atoms. The van der Waals surface area contributed by atoms with E-state index in [0.29, 0.717) is 11.3 Å². The molecule has 1 heterocycles. The van der Waals surface area contributed by atoms with E-state index in [1.165, 1.54) is 12.8 Å². The molecule has 1 aromatic heterocycles. The molecule has 1 rings (SSSR count). The van der Waals surface area contributed by atoms with Crippen LogP contribution in [0.5, 0.6) is 5.88 Å². The molecule has 4 heteroatoms. The van der Waals surface area contributed by atoms with Gasteiger partial charge in [-0.1, -0.05) is 27.2 Å². The third-order valence-corrected chi connectivity index (χ3v) is 2.99. The van der Waals surface area contributed by atoms with Crippen LogP contribution in [-0.2, 0) is 0 Å². The van der Waals surface area contributed by atoms with Gasteiger partial charge in [0.2, 0.25) is 5.88 Å². The van der Waals surface area contributed by atoms with Crippen LogP contribution in [-0.4, -0.2) is 24.4 Å². The summed E-state index contributed by atoms with van der Waals surface area (Å²) in [6, 6.07) is 4.10. The number of nitrogens with one attached hydrogen (secondary N) is 1. The lowest BCUT2D eigenvalue weighted by atomic mass is 9.88. The molecule has 0 saturated heterocycles. The van der Waals surface area contributed by atoms with E-state index in [1.54, 1.807) is 7.11 Å². The number of ether oxygens (including phenoxy) is 1. The highest BCUT2D eigenvalue weighted by atomic mass is 16.5. The van der Waals surface area contributed by atoms with Gasteiger partial charge in [-0.05, 0) is 31.4 Å². The van der Waals surface area contributed by atoms with Gasteiger partial charge in [0.15, 0.2) is 0 Å². The van der Waals surface area contributed by atoms with Crippen molar-refractivity contribution in [1.82, 2.24) is 15.5 Å². The van der Waals surface area contributed by atoms with Crippen molar-refractivity contribution < 1.29 is 4.74 Å². The van der Waals surface area contributed by atoms with E-state index in [0.717, 1.165) is 12.1 Å². The zero-order valence-corrected chi connectivity index (χ0v) is 12.2. The van der Waals surface area contributed by atoms with Crippen molar-refractivity contribution >= 4 is 0 Å². The van der Waals surface area contributed by atoms with Crippen LogP contribution in [0.25, 0.3) is 0 Å². The Morgan fingerprint density at radius 3 is 2.44 bits per heavy atom. The quantitative estimate of drug-likeness (QED) is 0.844. The molecule has 0 amide bonds. The normalized spacial score (nSPS) is 13.4. The van der Waals surface area contributed by atoms with Crippen molar-refractivity contribution in [3.8, 4) is 5.88 Å². The molecular formula is C14H25N3O. The Labute approximate surface area is 110 Å². The minimum atomic E-state index is 0.269. The molecular weight excluding hydrogens is 226 g/mol. The summed E-state index contributed by atoms with van der Waals surface area (Å²) >= 11 is 0. The number of aromatic nitrogens is 2. The summed E-state index contributed by atoms with van der Waals surface area (Å²) in [5.41, 5.74) is 1.37. The van der Waals surface area contributed by atoms with Gasteiger partial charge in [-0.2, -0.15) is 5.10 Å². The molecule has 1 unspecified atom stereocenters. The Morgan fingerprint density at radius 1 is 1.28 bits per heavy atom. The molecule has 1 aromatic rings. The first-order valence-electron chi connectivity index (χ1n) is 6.51. The second-order valence-electron chi connectivity index (χ2n) is 5.79. The third kappa shape index (κ3) is 5.00. The SMILES string of the molecule is CNC(CCCC(C)(C)C)c1ccc(OC)nn1. The Bertz CT molecular complexity index is 343. The predicted molar refractivity (Wildman–Crippen MR) is 73.7 cm³/mol. The first kappa shape index (κ1) is 14.9. The molecule has 102 valence electrons. The van der Waals surface area contributed by atoms with Crippen LogP contribution < -0.4 is 10.1 Å². The first-order chi connectivity index (χ1) is 8.46. The van der Waals surface area contributed by atoms with Crippen molar-refractivity contribution in [2.45, 2.75) is 46.1 Å². The molecule has 0 aliphatic carbocycles. The monoisotopic (exact) mass is 251 g/mol. The molecule has 1 atom stereocenters. The van der Waals surface area contributed by atoms with Gasteiger partial charge in [-0.3, -0.25) is 0 Å². The van der Waals surface area contributed by atoms with Gasteiger partial charge in [0, 0.05) is 6.07 Å². The molecule has 0 fully saturated rings. The molecule has 0 aliphatic rings. The van der Waals surface area contributed by atoms with Crippen molar-refractivity contribution in [2.24, 2.45) is 5.41 Å². The highest BCUT2D eigenvalue weighted by molar-refractivity contribution is 5.13. The maximum absolute atomic E-state index is 5.01. The summed E-state index contributed by atoms with van der Waals surface area (Å²) in [6.45, 7) is 6.82. The van der Waals surface area contributed by atoms with E-state index in [4.69, 9.17) is 4.74 Å². The van der Waals surface area contributed by atoms with Gasteiger partial charge in [-0.25, -0.2) is 0 Å². The number of methoxy groups -OCH3 is 1. The van der Waals surface area contributed by atoms with E-state index in [-0.39, 0.29) is 6.04 Å². The van der Waals surface area contributed by atoms with Crippen molar-refractivity contribution in [1.29, 1.82) is 0 Å². The van der Waals surface area contributed by atoms with Gasteiger partial charge in [0.25, 0.3) is 0 Å². The largest absolute Gasteiger partial charge is 0.480 e. The molecule has 0 aromatic carbocycles. The van der Waals surface area contributed by atoms with E-state index in [9.17, 15) is 0 Å². The van der Waals surface area contributed by atoms with Crippen molar-refractivity contribution in [3.05, 3.63) is 17.8 Å². The highest BCUT2D eigenvalue weighted by Crippen LogP contribution is 2.25. The van der Waals surface area contributed by atoms with Crippen LogP contribution >= 0.6 is 0 Å². The molecule has 0 aliphatic heterocycles. The Balaban J connectivity index is 2.54. The summed E-state index contributed by atoms with van der Waals surface area (Å²) in [6.07, 6.45) is 3.48. The highest BCUT2D eigenvalue weighted by Gasteiger charge is 2.14. The molecule has 1 N–H and O–H groups in total. The van der Waals surface area contributed by atoms with Gasteiger partial charge in [-0.15, -0.1) is 5.10 Å². The summed E-state index contributed by atoms with van der Waals surface area (Å²) in [4.78, 5) is 0. The minimum Gasteiger partial charge on any atom is -0.480 e. The first-order valence-corrected chi connectivity index (χ1v) is 6.51. The fourth-order valence-electron chi connectivity index (χ4n) is 1.90. The Kier molecular flexibility index (Phi) is 5.54. The molecule has 4 nitrogen and oxygen atoms in total. The van der Waals surface area contributed by atoms with Crippen LogP contribution in [0, 0.1) is 5.41 Å². The summed E-state index contributed by atoms with van der Waals surface area (Å²) in [5.74, 6) is 0.559. The summed E-state index contributed by atoms with van der Waals surface area (Å²) in [7, 11) is 3.57. The second kappa shape index (κ2) is 6.69. The smallest absolute Gasteiger partial charge is 0.233 e. The predicted octanol–water partition coefficient (Wildman–Crippen LogP) is 2.96. The fourth-order valence-corrected chi connectivity index (χ4v) is 1.90. The van der Waals surface area contributed by atoms with Crippen LogP contribution in [0.1, 0.15) is 51.8 Å². The van der Waals surface area contributed by atoms with Gasteiger partial charge >= 0.3 is 0 Å². The van der Waals surface area contributed by atoms with E-state index in [2.05, 4.69) is 36.3 Å². The lowest BCUT2D eigenvalue weighted by molar-refractivity contribution is 0.344. The fraction of sp³-hybridized carbons (Fsp3) is 0.714. The maximum Gasteiger partial charge on any atom is 0.233 e. The van der Waals surface area contributed by atoms with Gasteiger partial charge < -0.3 is 10.1 Å². The summed E-state index contributed by atoms with van der Waals surface area (Å²) in [5, 5.41) is 11.5. The van der Waals surface area contributed by atoms with E-state index in [1.807, 2.05) is 19.2 Å². The molecule has 0 radical (unpaired) electrons. The average molecular weight is 251 g/mol. The van der Waals surface area contributed by atoms with Crippen LogP contribution in [0.3, 0.4) is 0 Å². The third-order valence-electron chi connectivity index (χ3n) is 2.99. The topological polar surface area (TPSA) is 47.0 Å². The number of hydrogen-bond acceptors (Lipinski definition) is 4. The zero-order valence-electron chi connectivity index (χ0n) is 12.2. The van der Waals surface area contributed by atoms with Crippen molar-refractivity contribution in [3.63, 3.8) is 0 Å². The molecule has 0 saturated carbocycles. The summed E-state index contributed by atoms with van der Waals surface area (Å²) < 4.78 is 5.01. The molecule has 0 spiro atoms. The Morgan fingerprint density at radius 2 is 2.00 bits per heavy atom. The van der Waals surface area contributed by atoms with Gasteiger partial charge in [0.1, 0.15) is 0 Å². The second-order valence-corrected chi connectivity index (χ2v) is 5.79. The lowest BCUT2D eigenvalue weighted by Crippen LogP contribution is -2.19. The van der Waals surface area contributed by atoms with E-state index < -0.39 is 0 Å². The van der Waals surface area contributed by atoms with Crippen LogP contribution in [0.2, 0.25) is 0 Å². The zero-order chi connectivity index (χ0) is 13.6. The lowest BCUT2D eigenvalue weighted by Gasteiger charge is -2.20. The number of nitrogens with zero attached hydrogens (tertiary/aromatic N) is 2. The van der Waals surface area contributed by atoms with Crippen molar-refractivity contribution in [2.75, 3.05) is 14.2 Å². The Hall–Kier alpha value is -1.16. The minimum absolute atomic E-state index is 0.269. The number of hydrogen-bond donors (Lipinski definition) is 1. The van der Waals surface area contributed by atoms with Crippen LogP contribution in [0.4, 0.5) is 0 Å². The number of rotatable bonds is 6. The maximum atomic E-state index is 5.01. The van der Waals surface area contributed by atoms with Crippen LogP contribution in [0.15, 0.2) is 12.1 Å². The average Bonchev–Trinajstić information content (AvgIpc) is 2.34. The molecule has 18 heavy (non-hydrogen) atoms. The standard InChI is InChI=1S/C14H25N3O/c1-14(2,3)10-6-7-11(15-4)12-8-9-13(18-5)17-16-12/h8-9,11,15H,6-7,10H2,1-5H3. The van der Waals surface area contributed by atoms with E-state index >= 15 is 0 Å².